The van der Waals surface area contributed by atoms with Crippen LogP contribution in [0.2, 0.25) is 0 Å². The number of piperazine rings is 1. The number of carbonyl (C=O) groups excluding carboxylic acids is 1. The quantitative estimate of drug-likeness (QED) is 0.317. The van der Waals surface area contributed by atoms with Crippen LogP contribution in [-0.4, -0.2) is 53.9 Å². The summed E-state index contributed by atoms with van der Waals surface area (Å²) in [5.41, 5.74) is 1.31. The Bertz CT molecular complexity index is 1010. The predicted octanol–water partition coefficient (Wildman–Crippen LogP) is 2.77. The second-order valence-corrected chi connectivity index (χ2v) is 7.01. The fraction of sp³-hybridized carbons (Fsp3) is 0.273. The summed E-state index contributed by atoms with van der Waals surface area (Å²) in [6.07, 6.45) is 1.26. The number of ether oxygens (including phenoxy) is 1. The summed E-state index contributed by atoms with van der Waals surface area (Å²) in [6.45, 7) is 3.28. The molecule has 31 heavy (non-hydrogen) atoms. The van der Waals surface area contributed by atoms with Crippen LogP contribution in [0, 0.1) is 21.4 Å². The molecule has 1 saturated heterocycles. The van der Waals surface area contributed by atoms with Gasteiger partial charge in [-0.1, -0.05) is 30.3 Å². The molecule has 1 aliphatic rings. The van der Waals surface area contributed by atoms with Crippen LogP contribution in [0.1, 0.15) is 5.56 Å². The smallest absolute Gasteiger partial charge is 0.271 e. The molecular formula is C22H23N5O4. The van der Waals surface area contributed by atoms with E-state index in [0.717, 1.165) is 6.54 Å². The van der Waals surface area contributed by atoms with Crippen molar-refractivity contribution in [1.29, 1.82) is 5.26 Å². The average molecular weight is 421 g/mol. The van der Waals surface area contributed by atoms with Gasteiger partial charge in [0.25, 0.3) is 11.6 Å². The molecule has 2 aromatic rings. The van der Waals surface area contributed by atoms with Crippen molar-refractivity contribution in [2.75, 3.05) is 38.6 Å². The molecule has 0 unspecified atom stereocenters. The van der Waals surface area contributed by atoms with Crippen molar-refractivity contribution in [3.8, 4) is 11.8 Å². The Balaban J connectivity index is 1.63. The van der Waals surface area contributed by atoms with Crippen LogP contribution < -0.4 is 10.1 Å². The number of nitrogens with one attached hydrogen (secondary N) is 1. The summed E-state index contributed by atoms with van der Waals surface area (Å²) in [6, 6.07) is 16.1. The third-order valence-corrected chi connectivity index (χ3v) is 5.03. The summed E-state index contributed by atoms with van der Waals surface area (Å²) < 4.78 is 5.19. The number of rotatable bonds is 7. The van der Waals surface area contributed by atoms with Crippen molar-refractivity contribution < 1.29 is 14.5 Å². The zero-order valence-corrected chi connectivity index (χ0v) is 17.2. The molecule has 3 rings (SSSR count). The number of anilines is 1. The predicted molar refractivity (Wildman–Crippen MR) is 115 cm³/mol. The van der Waals surface area contributed by atoms with Crippen molar-refractivity contribution >= 4 is 17.3 Å². The van der Waals surface area contributed by atoms with Gasteiger partial charge in [-0.2, -0.15) is 5.26 Å². The van der Waals surface area contributed by atoms with Crippen molar-refractivity contribution in [1.82, 2.24) is 9.80 Å². The minimum atomic E-state index is -0.528. The van der Waals surface area contributed by atoms with E-state index >= 15 is 0 Å². The molecule has 1 N–H and O–H groups in total. The Morgan fingerprint density at radius 3 is 2.55 bits per heavy atom. The maximum atomic E-state index is 12.8. The first kappa shape index (κ1) is 21.8. The number of carbonyl (C=O) groups is 1. The fourth-order valence-corrected chi connectivity index (χ4v) is 3.34. The molecule has 0 bridgehead atoms. The summed E-state index contributed by atoms with van der Waals surface area (Å²) >= 11 is 0. The van der Waals surface area contributed by atoms with Crippen molar-refractivity contribution in [3.63, 3.8) is 0 Å². The van der Waals surface area contributed by atoms with Gasteiger partial charge < -0.3 is 15.0 Å². The number of non-ortho nitro benzene ring substituents is 1. The molecular weight excluding hydrogens is 398 g/mol. The molecule has 2 aromatic carbocycles. The highest BCUT2D eigenvalue weighted by molar-refractivity contribution is 5.97. The van der Waals surface area contributed by atoms with Crippen LogP contribution >= 0.6 is 0 Å². The molecule has 9 nitrogen and oxygen atoms in total. The monoisotopic (exact) mass is 421 g/mol. The molecule has 0 saturated carbocycles. The van der Waals surface area contributed by atoms with Crippen LogP contribution in [0.25, 0.3) is 0 Å². The molecule has 0 spiro atoms. The van der Waals surface area contributed by atoms with E-state index in [1.807, 2.05) is 24.3 Å². The average Bonchev–Trinajstić information content (AvgIpc) is 2.80. The lowest BCUT2D eigenvalue weighted by molar-refractivity contribution is -0.384. The van der Waals surface area contributed by atoms with Gasteiger partial charge in [0.05, 0.1) is 17.7 Å². The fourth-order valence-electron chi connectivity index (χ4n) is 3.34. The van der Waals surface area contributed by atoms with Crippen molar-refractivity contribution in [3.05, 3.63) is 76.0 Å². The topological polar surface area (TPSA) is 112 Å². The molecule has 0 aliphatic carbocycles. The summed E-state index contributed by atoms with van der Waals surface area (Å²) in [5, 5.41) is 23.3. The maximum absolute atomic E-state index is 12.8. The van der Waals surface area contributed by atoms with Crippen LogP contribution in [0.3, 0.4) is 0 Å². The van der Waals surface area contributed by atoms with E-state index in [-0.39, 0.29) is 17.2 Å². The second-order valence-electron chi connectivity index (χ2n) is 7.01. The number of nitriles is 1. The van der Waals surface area contributed by atoms with Crippen LogP contribution in [0.5, 0.6) is 5.75 Å². The van der Waals surface area contributed by atoms with E-state index in [4.69, 9.17) is 4.74 Å². The Kier molecular flexibility index (Phi) is 7.19. The summed E-state index contributed by atoms with van der Waals surface area (Å²) in [5.74, 6) is -0.0140. The molecule has 1 amide bonds. The van der Waals surface area contributed by atoms with Gasteiger partial charge in [0.2, 0.25) is 0 Å². The maximum Gasteiger partial charge on any atom is 0.271 e. The number of nitro groups is 1. The van der Waals surface area contributed by atoms with Crippen molar-refractivity contribution in [2.24, 2.45) is 0 Å². The van der Waals surface area contributed by atoms with Gasteiger partial charge in [0, 0.05) is 51.1 Å². The molecule has 0 aromatic heterocycles. The van der Waals surface area contributed by atoms with Gasteiger partial charge in [-0.3, -0.25) is 19.8 Å². The van der Waals surface area contributed by atoms with Gasteiger partial charge in [0.15, 0.2) is 0 Å². The first-order chi connectivity index (χ1) is 15.0. The SMILES string of the molecule is COc1ccc([N+](=O)[O-])cc1N/C=C(/C#N)C(=O)N1CCN(Cc2ccccc2)CC1. The van der Waals surface area contributed by atoms with E-state index in [1.54, 1.807) is 4.90 Å². The van der Waals surface area contributed by atoms with Gasteiger partial charge >= 0.3 is 0 Å². The highest BCUT2D eigenvalue weighted by Crippen LogP contribution is 2.29. The largest absolute Gasteiger partial charge is 0.495 e. The Morgan fingerprint density at radius 1 is 1.23 bits per heavy atom. The number of hydrogen-bond acceptors (Lipinski definition) is 7. The number of nitro benzene ring substituents is 1. The number of benzene rings is 2. The van der Waals surface area contributed by atoms with Gasteiger partial charge in [-0.05, 0) is 11.6 Å². The van der Waals surface area contributed by atoms with E-state index in [2.05, 4.69) is 22.3 Å². The highest BCUT2D eigenvalue weighted by Gasteiger charge is 2.24. The molecule has 160 valence electrons. The zero-order valence-electron chi connectivity index (χ0n) is 17.2. The third kappa shape index (κ3) is 5.58. The number of nitrogens with zero attached hydrogens (tertiary/aromatic N) is 4. The van der Waals surface area contributed by atoms with Crippen LogP contribution in [0.4, 0.5) is 11.4 Å². The van der Waals surface area contributed by atoms with E-state index in [9.17, 15) is 20.2 Å². The Labute approximate surface area is 180 Å². The summed E-state index contributed by atoms with van der Waals surface area (Å²) in [4.78, 5) is 27.2. The third-order valence-electron chi connectivity index (χ3n) is 5.03. The van der Waals surface area contributed by atoms with E-state index in [1.165, 1.54) is 37.1 Å². The molecule has 1 aliphatic heterocycles. The molecule has 9 heteroatoms. The van der Waals surface area contributed by atoms with Crippen LogP contribution in [-0.2, 0) is 11.3 Å². The van der Waals surface area contributed by atoms with Gasteiger partial charge in [-0.15, -0.1) is 0 Å². The molecule has 1 heterocycles. The number of amides is 1. The normalized spacial score (nSPS) is 14.6. The summed E-state index contributed by atoms with van der Waals surface area (Å²) in [7, 11) is 1.43. The van der Waals surface area contributed by atoms with Gasteiger partial charge in [0.1, 0.15) is 17.4 Å². The van der Waals surface area contributed by atoms with Gasteiger partial charge in [-0.25, -0.2) is 0 Å². The minimum Gasteiger partial charge on any atom is -0.495 e. The first-order valence-corrected chi connectivity index (χ1v) is 9.76. The van der Waals surface area contributed by atoms with E-state index < -0.39 is 4.92 Å². The number of methoxy groups -OCH3 is 1. The van der Waals surface area contributed by atoms with Crippen LogP contribution in [0.15, 0.2) is 60.3 Å². The highest BCUT2D eigenvalue weighted by atomic mass is 16.6. The van der Waals surface area contributed by atoms with Crippen molar-refractivity contribution in [2.45, 2.75) is 6.54 Å². The number of hydrogen-bond donors (Lipinski definition) is 1. The minimum absolute atomic E-state index is 0.0786. The molecule has 0 radical (unpaired) electrons. The lowest BCUT2D eigenvalue weighted by Crippen LogP contribution is -2.48. The first-order valence-electron chi connectivity index (χ1n) is 9.76. The lowest BCUT2D eigenvalue weighted by atomic mass is 10.2. The Morgan fingerprint density at radius 2 is 1.94 bits per heavy atom. The lowest BCUT2D eigenvalue weighted by Gasteiger charge is -2.34. The van der Waals surface area contributed by atoms with E-state index in [0.29, 0.717) is 37.6 Å². The zero-order chi connectivity index (χ0) is 22.2. The Hall–Kier alpha value is -3.90. The second kappa shape index (κ2) is 10.2. The molecule has 0 atom stereocenters. The molecule has 1 fully saturated rings. The standard InChI is InChI=1S/C22H23N5O4/c1-31-21-8-7-19(27(29)30)13-20(21)24-15-18(14-23)22(28)26-11-9-25(10-12-26)16-17-5-3-2-4-6-17/h2-8,13,15,24H,9-12,16H2,1H3/b18-15-.